The van der Waals surface area contributed by atoms with E-state index in [1.165, 1.54) is 0 Å². The average Bonchev–Trinajstić information content (AvgIpc) is 3.10. The average molecular weight is 382 g/mol. The van der Waals surface area contributed by atoms with Gasteiger partial charge in [0.1, 0.15) is 17.9 Å². The Hall–Kier alpha value is -3.42. The molecule has 8 heteroatoms. The molecular weight excluding hydrogens is 360 g/mol. The van der Waals surface area contributed by atoms with Gasteiger partial charge in [0.05, 0.1) is 6.54 Å². The Morgan fingerprint density at radius 3 is 2.68 bits per heavy atom. The van der Waals surface area contributed by atoms with Crippen LogP contribution in [0.25, 0.3) is 0 Å². The van der Waals surface area contributed by atoms with Gasteiger partial charge in [0, 0.05) is 12.7 Å². The third kappa shape index (κ3) is 4.64. The number of hydrogen-bond acceptors (Lipinski definition) is 6. The number of ether oxygens (including phenoxy) is 1. The molecule has 0 aliphatic heterocycles. The number of aryl methyl sites for hydroxylation is 4. The Morgan fingerprint density at radius 1 is 1.18 bits per heavy atom. The number of rotatable bonds is 8. The van der Waals surface area contributed by atoms with Crippen LogP contribution in [0, 0.1) is 13.8 Å². The highest BCUT2D eigenvalue weighted by molar-refractivity contribution is 5.95. The van der Waals surface area contributed by atoms with Gasteiger partial charge in [-0.2, -0.15) is 0 Å². The van der Waals surface area contributed by atoms with Crippen molar-refractivity contribution in [3.8, 4) is 5.88 Å². The van der Waals surface area contributed by atoms with Gasteiger partial charge in [0.15, 0.2) is 0 Å². The van der Waals surface area contributed by atoms with Crippen molar-refractivity contribution in [3.05, 3.63) is 75.3 Å². The van der Waals surface area contributed by atoms with E-state index in [4.69, 9.17) is 4.74 Å². The maximum absolute atomic E-state index is 12.8. The van der Waals surface area contributed by atoms with Crippen LogP contribution in [-0.4, -0.2) is 33.9 Å². The smallest absolute Gasteiger partial charge is 0.278 e. The van der Waals surface area contributed by atoms with Crippen LogP contribution >= 0.6 is 0 Å². The number of carbonyl (C=O) groups excluding carboxylic acids is 1. The largest absolute Gasteiger partial charge is 0.472 e. The summed E-state index contributed by atoms with van der Waals surface area (Å²) in [6, 6.07) is 11.7. The van der Waals surface area contributed by atoms with Gasteiger partial charge < -0.3 is 14.6 Å². The number of amides is 1. The fraction of sp³-hybridized carbons (Fsp3) is 0.300. The maximum atomic E-state index is 12.8. The summed E-state index contributed by atoms with van der Waals surface area (Å²) in [5.74, 6) is -0.136. The van der Waals surface area contributed by atoms with Crippen LogP contribution in [0.1, 0.15) is 27.2 Å². The fourth-order valence-corrected chi connectivity index (χ4v) is 2.77. The predicted molar refractivity (Wildman–Crippen MR) is 102 cm³/mol. The lowest BCUT2D eigenvalue weighted by atomic mass is 10.1. The van der Waals surface area contributed by atoms with E-state index >= 15 is 0 Å². The van der Waals surface area contributed by atoms with E-state index in [-0.39, 0.29) is 30.2 Å². The molecule has 8 nitrogen and oxygen atoms in total. The fourth-order valence-electron chi connectivity index (χ4n) is 2.77. The molecule has 28 heavy (non-hydrogen) atoms. The Kier molecular flexibility index (Phi) is 6.21. The molecule has 0 saturated carbocycles. The van der Waals surface area contributed by atoms with Gasteiger partial charge >= 0.3 is 0 Å². The van der Waals surface area contributed by atoms with Gasteiger partial charge in [-0.1, -0.05) is 35.5 Å². The normalized spacial score (nSPS) is 10.6. The van der Waals surface area contributed by atoms with Crippen molar-refractivity contribution in [2.45, 2.75) is 26.8 Å². The van der Waals surface area contributed by atoms with Crippen molar-refractivity contribution in [2.24, 2.45) is 0 Å². The first kappa shape index (κ1) is 19.3. The Morgan fingerprint density at radius 2 is 1.96 bits per heavy atom. The minimum Gasteiger partial charge on any atom is -0.472 e. The van der Waals surface area contributed by atoms with Gasteiger partial charge in [-0.25, -0.2) is 4.63 Å². The van der Waals surface area contributed by atoms with Crippen molar-refractivity contribution >= 4 is 5.91 Å². The standard InChI is InChI=1S/C20H22N4O4/c1-14-8-11-24(12-9-16-6-4-3-5-7-16)20(26)17(14)18(25)21-10-13-27-19-15(2)22-28-23-19/h3-8,11H,9-10,12-13H2,1-2H3,(H,21,25). The van der Waals surface area contributed by atoms with E-state index in [1.807, 2.05) is 30.3 Å². The summed E-state index contributed by atoms with van der Waals surface area (Å²) >= 11 is 0. The zero-order valence-electron chi connectivity index (χ0n) is 15.8. The highest BCUT2D eigenvalue weighted by Crippen LogP contribution is 2.09. The number of hydrogen-bond donors (Lipinski definition) is 1. The third-order valence-electron chi connectivity index (χ3n) is 4.32. The molecule has 0 fully saturated rings. The molecule has 2 heterocycles. The van der Waals surface area contributed by atoms with Crippen LogP contribution in [0.3, 0.4) is 0 Å². The highest BCUT2D eigenvalue weighted by Gasteiger charge is 2.15. The first-order valence-corrected chi connectivity index (χ1v) is 9.00. The molecule has 0 spiro atoms. The first-order chi connectivity index (χ1) is 13.6. The summed E-state index contributed by atoms with van der Waals surface area (Å²) in [4.78, 5) is 25.3. The molecule has 146 valence electrons. The number of carbonyl (C=O) groups is 1. The third-order valence-corrected chi connectivity index (χ3v) is 4.32. The zero-order valence-corrected chi connectivity index (χ0v) is 15.8. The van der Waals surface area contributed by atoms with Gasteiger partial charge in [-0.3, -0.25) is 9.59 Å². The van der Waals surface area contributed by atoms with Crippen molar-refractivity contribution in [1.82, 2.24) is 20.2 Å². The summed E-state index contributed by atoms with van der Waals surface area (Å²) < 4.78 is 11.5. The minimum absolute atomic E-state index is 0.148. The number of pyridine rings is 1. The SMILES string of the molecule is Cc1ccn(CCc2ccccc2)c(=O)c1C(=O)NCCOc1nonc1C. The van der Waals surface area contributed by atoms with Gasteiger partial charge in [0.2, 0.25) is 0 Å². The summed E-state index contributed by atoms with van der Waals surface area (Å²) in [5.41, 5.74) is 2.15. The first-order valence-electron chi connectivity index (χ1n) is 9.00. The lowest BCUT2D eigenvalue weighted by Crippen LogP contribution is -2.36. The monoisotopic (exact) mass is 382 g/mol. The lowest BCUT2D eigenvalue weighted by molar-refractivity contribution is 0.0943. The molecule has 3 aromatic rings. The van der Waals surface area contributed by atoms with Gasteiger partial charge in [-0.15, -0.1) is 0 Å². The maximum Gasteiger partial charge on any atom is 0.278 e. The zero-order chi connectivity index (χ0) is 19.9. The van der Waals surface area contributed by atoms with Crippen molar-refractivity contribution in [3.63, 3.8) is 0 Å². The van der Waals surface area contributed by atoms with E-state index in [2.05, 4.69) is 20.3 Å². The van der Waals surface area contributed by atoms with Crippen LogP contribution in [0.4, 0.5) is 0 Å². The summed E-state index contributed by atoms with van der Waals surface area (Å²) in [6.07, 6.45) is 2.44. The molecule has 0 bridgehead atoms. The molecule has 0 radical (unpaired) electrons. The lowest BCUT2D eigenvalue weighted by Gasteiger charge is -2.11. The molecule has 1 amide bonds. The second-order valence-corrected chi connectivity index (χ2v) is 6.37. The topological polar surface area (TPSA) is 99.2 Å². The molecule has 3 rings (SSSR count). The van der Waals surface area contributed by atoms with Crippen LogP contribution < -0.4 is 15.6 Å². The second-order valence-electron chi connectivity index (χ2n) is 6.37. The molecule has 0 atom stereocenters. The van der Waals surface area contributed by atoms with Crippen molar-refractivity contribution < 1.29 is 14.2 Å². The van der Waals surface area contributed by atoms with Gasteiger partial charge in [0.25, 0.3) is 17.3 Å². The van der Waals surface area contributed by atoms with Gasteiger partial charge in [-0.05, 0) is 42.6 Å². The number of aromatic nitrogens is 3. The molecule has 1 N–H and O–H groups in total. The van der Waals surface area contributed by atoms with Crippen LogP contribution in [0.15, 0.2) is 52.0 Å². The Labute approximate surface area is 162 Å². The molecular formula is C20H22N4O4. The highest BCUT2D eigenvalue weighted by atomic mass is 16.6. The quantitative estimate of drug-likeness (QED) is 0.598. The Bertz CT molecular complexity index is 995. The van der Waals surface area contributed by atoms with E-state index in [0.29, 0.717) is 24.2 Å². The number of benzene rings is 1. The Balaban J connectivity index is 1.61. The van der Waals surface area contributed by atoms with E-state index < -0.39 is 5.91 Å². The second kappa shape index (κ2) is 8.98. The molecule has 2 aromatic heterocycles. The number of nitrogens with one attached hydrogen (secondary N) is 1. The molecule has 0 aliphatic rings. The molecule has 1 aromatic carbocycles. The van der Waals surface area contributed by atoms with Crippen LogP contribution in [0.5, 0.6) is 5.88 Å². The van der Waals surface area contributed by atoms with Crippen LogP contribution in [-0.2, 0) is 13.0 Å². The summed E-state index contributed by atoms with van der Waals surface area (Å²) in [5, 5.41) is 9.92. The van der Waals surface area contributed by atoms with Crippen molar-refractivity contribution in [1.29, 1.82) is 0 Å². The molecule has 0 aliphatic carbocycles. The predicted octanol–water partition coefficient (Wildman–Crippen LogP) is 1.90. The summed E-state index contributed by atoms with van der Waals surface area (Å²) in [6.45, 7) is 4.37. The molecule has 0 unspecified atom stereocenters. The van der Waals surface area contributed by atoms with E-state index in [1.54, 1.807) is 30.7 Å². The van der Waals surface area contributed by atoms with Crippen LogP contribution in [0.2, 0.25) is 0 Å². The molecule has 0 saturated heterocycles. The minimum atomic E-state index is -0.421. The van der Waals surface area contributed by atoms with E-state index in [0.717, 1.165) is 5.56 Å². The van der Waals surface area contributed by atoms with Crippen molar-refractivity contribution in [2.75, 3.05) is 13.2 Å². The number of nitrogens with zero attached hydrogens (tertiary/aromatic N) is 3. The summed E-state index contributed by atoms with van der Waals surface area (Å²) in [7, 11) is 0. The van der Waals surface area contributed by atoms with E-state index in [9.17, 15) is 9.59 Å².